The van der Waals surface area contributed by atoms with E-state index in [1.54, 1.807) is 14.2 Å². The molecule has 0 spiro atoms. The molecule has 3 rings (SSSR count). The Morgan fingerprint density at radius 1 is 0.964 bits per heavy atom. The molecule has 0 saturated carbocycles. The Balaban J connectivity index is 1.46. The molecule has 0 radical (unpaired) electrons. The highest BCUT2D eigenvalue weighted by atomic mass is 16.5. The minimum Gasteiger partial charge on any atom is -0.493 e. The van der Waals surface area contributed by atoms with Crippen molar-refractivity contribution in [3.8, 4) is 11.5 Å². The van der Waals surface area contributed by atoms with Crippen molar-refractivity contribution in [3.05, 3.63) is 59.2 Å². The van der Waals surface area contributed by atoms with Crippen molar-refractivity contribution in [2.24, 2.45) is 0 Å². The van der Waals surface area contributed by atoms with Gasteiger partial charge in [0, 0.05) is 39.3 Å². The van der Waals surface area contributed by atoms with Crippen LogP contribution in [-0.2, 0) is 13.1 Å². The van der Waals surface area contributed by atoms with Crippen LogP contribution in [0.4, 0.5) is 4.79 Å². The standard InChI is InChI=1S/C22H29N3O3/c1-17-5-4-6-19(13-17)16-24-9-11-25(12-10-24)22(26)23-15-18-7-8-20(27-2)21(14-18)28-3/h4-8,13-14H,9-12,15-16H2,1-3H3,(H,23,26). The molecule has 0 atom stereocenters. The summed E-state index contributed by atoms with van der Waals surface area (Å²) in [6, 6.07) is 14.2. The fourth-order valence-corrected chi connectivity index (χ4v) is 3.46. The van der Waals surface area contributed by atoms with Crippen LogP contribution in [0.5, 0.6) is 11.5 Å². The van der Waals surface area contributed by atoms with E-state index in [2.05, 4.69) is 41.4 Å². The summed E-state index contributed by atoms with van der Waals surface area (Å²) in [4.78, 5) is 16.8. The van der Waals surface area contributed by atoms with E-state index in [1.165, 1.54) is 11.1 Å². The van der Waals surface area contributed by atoms with Gasteiger partial charge in [0.25, 0.3) is 0 Å². The molecule has 28 heavy (non-hydrogen) atoms. The number of hydrogen-bond donors (Lipinski definition) is 1. The lowest BCUT2D eigenvalue weighted by molar-refractivity contribution is 0.135. The van der Waals surface area contributed by atoms with E-state index < -0.39 is 0 Å². The first-order chi connectivity index (χ1) is 13.6. The zero-order valence-corrected chi connectivity index (χ0v) is 16.9. The van der Waals surface area contributed by atoms with E-state index >= 15 is 0 Å². The molecule has 1 aliphatic rings. The van der Waals surface area contributed by atoms with Crippen molar-refractivity contribution in [1.82, 2.24) is 15.1 Å². The first-order valence-electron chi connectivity index (χ1n) is 9.60. The number of amides is 2. The van der Waals surface area contributed by atoms with Crippen LogP contribution in [0.3, 0.4) is 0 Å². The molecule has 0 aliphatic carbocycles. The maximum atomic E-state index is 12.5. The minimum absolute atomic E-state index is 0.0232. The molecule has 1 saturated heterocycles. The average Bonchev–Trinajstić information content (AvgIpc) is 2.72. The predicted octanol–water partition coefficient (Wildman–Crippen LogP) is 3.04. The van der Waals surface area contributed by atoms with Crippen LogP contribution in [0.25, 0.3) is 0 Å². The van der Waals surface area contributed by atoms with Crippen molar-refractivity contribution in [3.63, 3.8) is 0 Å². The molecule has 1 fully saturated rings. The van der Waals surface area contributed by atoms with Gasteiger partial charge in [-0.3, -0.25) is 4.90 Å². The number of nitrogens with zero attached hydrogens (tertiary/aromatic N) is 2. The maximum Gasteiger partial charge on any atom is 0.317 e. The van der Waals surface area contributed by atoms with Gasteiger partial charge in [-0.15, -0.1) is 0 Å². The summed E-state index contributed by atoms with van der Waals surface area (Å²) in [7, 11) is 3.22. The van der Waals surface area contributed by atoms with Gasteiger partial charge in [0.1, 0.15) is 0 Å². The molecule has 0 unspecified atom stereocenters. The van der Waals surface area contributed by atoms with Gasteiger partial charge in [0.2, 0.25) is 0 Å². The van der Waals surface area contributed by atoms with E-state index in [9.17, 15) is 4.79 Å². The Kier molecular flexibility index (Phi) is 6.76. The van der Waals surface area contributed by atoms with Crippen molar-refractivity contribution in [1.29, 1.82) is 0 Å². The fourth-order valence-electron chi connectivity index (χ4n) is 3.46. The second-order valence-corrected chi connectivity index (χ2v) is 7.10. The quantitative estimate of drug-likeness (QED) is 0.833. The summed E-state index contributed by atoms with van der Waals surface area (Å²) in [5.74, 6) is 1.35. The molecule has 2 amide bonds. The van der Waals surface area contributed by atoms with Gasteiger partial charge in [0.15, 0.2) is 11.5 Å². The normalized spacial score (nSPS) is 14.6. The number of benzene rings is 2. The van der Waals surface area contributed by atoms with Crippen molar-refractivity contribution in [2.45, 2.75) is 20.0 Å². The van der Waals surface area contributed by atoms with Crippen molar-refractivity contribution in [2.75, 3.05) is 40.4 Å². The fraction of sp³-hybridized carbons (Fsp3) is 0.409. The van der Waals surface area contributed by atoms with E-state index in [4.69, 9.17) is 9.47 Å². The summed E-state index contributed by atoms with van der Waals surface area (Å²) in [6.07, 6.45) is 0. The highest BCUT2D eigenvalue weighted by molar-refractivity contribution is 5.74. The lowest BCUT2D eigenvalue weighted by atomic mass is 10.1. The highest BCUT2D eigenvalue weighted by Crippen LogP contribution is 2.27. The summed E-state index contributed by atoms with van der Waals surface area (Å²) < 4.78 is 10.6. The number of ether oxygens (including phenoxy) is 2. The number of aryl methyl sites for hydroxylation is 1. The molecule has 6 heteroatoms. The lowest BCUT2D eigenvalue weighted by Crippen LogP contribution is -2.51. The predicted molar refractivity (Wildman–Crippen MR) is 110 cm³/mol. The Hall–Kier alpha value is -2.73. The van der Waals surface area contributed by atoms with Crippen molar-refractivity contribution < 1.29 is 14.3 Å². The Morgan fingerprint density at radius 2 is 1.71 bits per heavy atom. The van der Waals surface area contributed by atoms with Gasteiger partial charge >= 0.3 is 6.03 Å². The van der Waals surface area contributed by atoms with Crippen molar-refractivity contribution >= 4 is 6.03 Å². The molecular formula is C22H29N3O3. The lowest BCUT2D eigenvalue weighted by Gasteiger charge is -2.34. The maximum absolute atomic E-state index is 12.5. The first kappa shape index (κ1) is 20.0. The van der Waals surface area contributed by atoms with Crippen LogP contribution >= 0.6 is 0 Å². The zero-order chi connectivity index (χ0) is 19.9. The Bertz CT molecular complexity index is 801. The summed E-state index contributed by atoms with van der Waals surface area (Å²) in [5, 5.41) is 3.00. The third kappa shape index (κ3) is 5.16. The van der Waals surface area contributed by atoms with E-state index in [1.807, 2.05) is 23.1 Å². The summed E-state index contributed by atoms with van der Waals surface area (Å²) in [5.41, 5.74) is 3.58. The zero-order valence-electron chi connectivity index (χ0n) is 16.9. The topological polar surface area (TPSA) is 54.0 Å². The Morgan fingerprint density at radius 3 is 2.39 bits per heavy atom. The van der Waals surface area contributed by atoms with Gasteiger partial charge in [-0.2, -0.15) is 0 Å². The van der Waals surface area contributed by atoms with E-state index in [0.717, 1.165) is 38.3 Å². The molecule has 1 aliphatic heterocycles. The van der Waals surface area contributed by atoms with Crippen LogP contribution < -0.4 is 14.8 Å². The molecule has 150 valence electrons. The van der Waals surface area contributed by atoms with Gasteiger partial charge in [-0.1, -0.05) is 35.9 Å². The number of rotatable bonds is 6. The summed E-state index contributed by atoms with van der Waals surface area (Å²) >= 11 is 0. The second-order valence-electron chi connectivity index (χ2n) is 7.10. The molecular weight excluding hydrogens is 354 g/mol. The molecule has 1 N–H and O–H groups in total. The number of urea groups is 1. The van der Waals surface area contributed by atoms with E-state index in [-0.39, 0.29) is 6.03 Å². The highest BCUT2D eigenvalue weighted by Gasteiger charge is 2.21. The van der Waals surface area contributed by atoms with Gasteiger partial charge in [0.05, 0.1) is 14.2 Å². The van der Waals surface area contributed by atoms with E-state index in [0.29, 0.717) is 18.0 Å². The monoisotopic (exact) mass is 383 g/mol. The third-order valence-electron chi connectivity index (χ3n) is 5.04. The van der Waals surface area contributed by atoms with Crippen LogP contribution in [0, 0.1) is 6.92 Å². The number of carbonyl (C=O) groups is 1. The number of piperazine rings is 1. The minimum atomic E-state index is -0.0232. The average molecular weight is 383 g/mol. The SMILES string of the molecule is COc1ccc(CNC(=O)N2CCN(Cc3cccc(C)c3)CC2)cc1OC. The number of carbonyl (C=O) groups excluding carboxylic acids is 1. The second kappa shape index (κ2) is 9.46. The summed E-state index contributed by atoms with van der Waals surface area (Å²) in [6.45, 7) is 6.76. The Labute approximate surface area is 167 Å². The van der Waals surface area contributed by atoms with Crippen LogP contribution in [0.1, 0.15) is 16.7 Å². The van der Waals surface area contributed by atoms with Gasteiger partial charge in [-0.05, 0) is 30.2 Å². The molecule has 1 heterocycles. The number of methoxy groups -OCH3 is 2. The molecule has 6 nitrogen and oxygen atoms in total. The molecule has 0 bridgehead atoms. The van der Waals surface area contributed by atoms with Crippen LogP contribution in [0.15, 0.2) is 42.5 Å². The van der Waals surface area contributed by atoms with Crippen LogP contribution in [-0.4, -0.2) is 56.2 Å². The molecule has 2 aromatic carbocycles. The molecule has 2 aromatic rings. The number of hydrogen-bond acceptors (Lipinski definition) is 4. The first-order valence-corrected chi connectivity index (χ1v) is 9.60. The van der Waals surface area contributed by atoms with Gasteiger partial charge in [-0.25, -0.2) is 4.79 Å². The third-order valence-corrected chi connectivity index (χ3v) is 5.04. The van der Waals surface area contributed by atoms with Gasteiger partial charge < -0.3 is 19.7 Å². The smallest absolute Gasteiger partial charge is 0.317 e. The van der Waals surface area contributed by atoms with Crippen LogP contribution in [0.2, 0.25) is 0 Å². The molecule has 0 aromatic heterocycles. The number of nitrogens with one attached hydrogen (secondary N) is 1. The largest absolute Gasteiger partial charge is 0.493 e.